The van der Waals surface area contributed by atoms with Crippen molar-refractivity contribution in [1.29, 1.82) is 0 Å². The predicted molar refractivity (Wildman–Crippen MR) is 122 cm³/mol. The second-order valence-corrected chi connectivity index (χ2v) is 7.35. The van der Waals surface area contributed by atoms with E-state index < -0.39 is 29.3 Å². The van der Waals surface area contributed by atoms with E-state index in [1.807, 2.05) is 6.92 Å². The van der Waals surface area contributed by atoms with Crippen molar-refractivity contribution in [3.8, 4) is 11.5 Å². The number of ketones is 1. The molecule has 7 heteroatoms. The summed E-state index contributed by atoms with van der Waals surface area (Å²) in [6.07, 6.45) is 0. The lowest BCUT2D eigenvalue weighted by atomic mass is 9.94. The summed E-state index contributed by atoms with van der Waals surface area (Å²) in [5, 5.41) is 11.1. The fourth-order valence-electron chi connectivity index (χ4n) is 3.88. The number of aliphatic hydroxyl groups excluding tert-OH is 1. The van der Waals surface area contributed by atoms with Crippen LogP contribution in [0.3, 0.4) is 0 Å². The van der Waals surface area contributed by atoms with E-state index in [1.54, 1.807) is 54.6 Å². The number of hydrogen-bond acceptors (Lipinski definition) is 5. The van der Waals surface area contributed by atoms with Crippen LogP contribution in [-0.2, 0) is 9.59 Å². The highest BCUT2D eigenvalue weighted by molar-refractivity contribution is 6.51. The molecule has 1 fully saturated rings. The second kappa shape index (κ2) is 9.16. The van der Waals surface area contributed by atoms with E-state index in [0.29, 0.717) is 29.4 Å². The number of halogens is 1. The molecule has 1 amide bonds. The fourth-order valence-corrected chi connectivity index (χ4v) is 3.88. The predicted octanol–water partition coefficient (Wildman–Crippen LogP) is 4.86. The van der Waals surface area contributed by atoms with Crippen LogP contribution in [0.4, 0.5) is 10.1 Å². The van der Waals surface area contributed by atoms with E-state index in [-0.39, 0.29) is 11.1 Å². The van der Waals surface area contributed by atoms with E-state index in [0.717, 1.165) is 0 Å². The Morgan fingerprint density at radius 1 is 1.00 bits per heavy atom. The number of carbonyl (C=O) groups is 2. The molecule has 0 saturated carbocycles. The number of rotatable bonds is 6. The quantitative estimate of drug-likeness (QED) is 0.332. The minimum absolute atomic E-state index is 0.0898. The molecule has 0 aromatic heterocycles. The first-order valence-corrected chi connectivity index (χ1v) is 10.4. The number of anilines is 1. The summed E-state index contributed by atoms with van der Waals surface area (Å²) in [7, 11) is 1.48. The summed E-state index contributed by atoms with van der Waals surface area (Å²) < 4.78 is 25.6. The molecule has 1 saturated heterocycles. The number of amides is 1. The SMILES string of the molecule is CCOc1ccc(/C(O)=C2\C(=O)C(=O)N(c3cccc(OC)c3)C2c2ccccc2F)cc1. The van der Waals surface area contributed by atoms with Crippen molar-refractivity contribution in [2.45, 2.75) is 13.0 Å². The van der Waals surface area contributed by atoms with Crippen LogP contribution in [0.25, 0.3) is 5.76 Å². The van der Waals surface area contributed by atoms with Crippen molar-refractivity contribution in [1.82, 2.24) is 0 Å². The molecule has 0 spiro atoms. The van der Waals surface area contributed by atoms with Crippen LogP contribution in [0, 0.1) is 5.82 Å². The Balaban J connectivity index is 1.91. The molecule has 3 aromatic carbocycles. The number of Topliss-reactive ketones (excluding diaryl/α,β-unsaturated/α-hetero) is 1. The molecule has 0 bridgehead atoms. The van der Waals surface area contributed by atoms with Gasteiger partial charge in [0.15, 0.2) is 0 Å². The third-order valence-electron chi connectivity index (χ3n) is 5.41. The number of carbonyl (C=O) groups excluding carboxylic acids is 2. The topological polar surface area (TPSA) is 76.1 Å². The lowest BCUT2D eigenvalue weighted by Crippen LogP contribution is -2.29. The number of ether oxygens (including phenoxy) is 2. The van der Waals surface area contributed by atoms with Gasteiger partial charge in [0.05, 0.1) is 25.3 Å². The highest BCUT2D eigenvalue weighted by Gasteiger charge is 2.47. The van der Waals surface area contributed by atoms with Crippen LogP contribution >= 0.6 is 0 Å². The average Bonchev–Trinajstić information content (AvgIpc) is 3.10. The Morgan fingerprint density at radius 3 is 2.39 bits per heavy atom. The number of aliphatic hydroxyl groups is 1. The first-order valence-electron chi connectivity index (χ1n) is 10.4. The van der Waals surface area contributed by atoms with E-state index in [9.17, 15) is 19.1 Å². The maximum absolute atomic E-state index is 14.9. The zero-order valence-electron chi connectivity index (χ0n) is 18.1. The van der Waals surface area contributed by atoms with Gasteiger partial charge in [0, 0.05) is 22.9 Å². The summed E-state index contributed by atoms with van der Waals surface area (Å²) in [5.74, 6) is -1.71. The molecule has 0 aliphatic carbocycles. The number of hydrogen-bond donors (Lipinski definition) is 1. The first-order chi connectivity index (χ1) is 16.0. The Labute approximate surface area is 190 Å². The number of nitrogens with zero attached hydrogens (tertiary/aromatic N) is 1. The molecule has 1 N–H and O–H groups in total. The molecule has 1 aliphatic heterocycles. The molecule has 33 heavy (non-hydrogen) atoms. The smallest absolute Gasteiger partial charge is 0.300 e. The molecule has 3 aromatic rings. The molecule has 1 unspecified atom stereocenters. The van der Waals surface area contributed by atoms with E-state index in [2.05, 4.69) is 0 Å². The minimum Gasteiger partial charge on any atom is -0.507 e. The van der Waals surface area contributed by atoms with Gasteiger partial charge < -0.3 is 14.6 Å². The van der Waals surface area contributed by atoms with Crippen LogP contribution in [0.2, 0.25) is 0 Å². The molecule has 1 atom stereocenters. The summed E-state index contributed by atoms with van der Waals surface area (Å²) in [4.78, 5) is 27.5. The van der Waals surface area contributed by atoms with Crippen molar-refractivity contribution in [2.75, 3.05) is 18.6 Å². The van der Waals surface area contributed by atoms with Gasteiger partial charge in [0.25, 0.3) is 11.7 Å². The van der Waals surface area contributed by atoms with Crippen molar-refractivity contribution in [3.63, 3.8) is 0 Å². The van der Waals surface area contributed by atoms with Gasteiger partial charge >= 0.3 is 0 Å². The third-order valence-corrected chi connectivity index (χ3v) is 5.41. The summed E-state index contributed by atoms with van der Waals surface area (Å²) in [5.41, 5.74) is 0.544. The lowest BCUT2D eigenvalue weighted by molar-refractivity contribution is -0.132. The molecule has 1 aliphatic rings. The van der Waals surface area contributed by atoms with Crippen molar-refractivity contribution >= 4 is 23.1 Å². The molecule has 4 rings (SSSR count). The van der Waals surface area contributed by atoms with E-state index in [4.69, 9.17) is 9.47 Å². The second-order valence-electron chi connectivity index (χ2n) is 7.35. The molecular weight excluding hydrogens is 425 g/mol. The largest absolute Gasteiger partial charge is 0.507 e. The summed E-state index contributed by atoms with van der Waals surface area (Å²) in [6.45, 7) is 2.33. The van der Waals surface area contributed by atoms with Gasteiger partial charge in [0.2, 0.25) is 0 Å². The zero-order chi connectivity index (χ0) is 23.5. The van der Waals surface area contributed by atoms with Crippen LogP contribution in [0.5, 0.6) is 11.5 Å². The third kappa shape index (κ3) is 4.05. The Morgan fingerprint density at radius 2 is 1.73 bits per heavy atom. The van der Waals surface area contributed by atoms with Crippen LogP contribution in [-0.4, -0.2) is 30.5 Å². The van der Waals surface area contributed by atoms with Crippen molar-refractivity contribution in [2.24, 2.45) is 0 Å². The lowest BCUT2D eigenvalue weighted by Gasteiger charge is -2.26. The highest BCUT2D eigenvalue weighted by Crippen LogP contribution is 2.43. The van der Waals surface area contributed by atoms with Crippen molar-refractivity contribution in [3.05, 3.63) is 95.3 Å². The van der Waals surface area contributed by atoms with Gasteiger partial charge in [-0.1, -0.05) is 24.3 Å². The van der Waals surface area contributed by atoms with Gasteiger partial charge in [-0.05, 0) is 49.4 Å². The Hall–Kier alpha value is -4.13. The highest BCUT2D eigenvalue weighted by atomic mass is 19.1. The van der Waals surface area contributed by atoms with Gasteiger partial charge in [-0.3, -0.25) is 14.5 Å². The fraction of sp³-hybridized carbons (Fsp3) is 0.154. The molecule has 0 radical (unpaired) electrons. The normalized spacial score (nSPS) is 17.3. The number of benzene rings is 3. The Kier molecular flexibility index (Phi) is 6.13. The van der Waals surface area contributed by atoms with Crippen LogP contribution in [0.1, 0.15) is 24.1 Å². The van der Waals surface area contributed by atoms with Crippen LogP contribution < -0.4 is 14.4 Å². The maximum Gasteiger partial charge on any atom is 0.300 e. The van der Waals surface area contributed by atoms with Crippen LogP contribution in [0.15, 0.2) is 78.4 Å². The van der Waals surface area contributed by atoms with E-state index in [1.165, 1.54) is 30.2 Å². The summed E-state index contributed by atoms with van der Waals surface area (Å²) in [6, 6.07) is 17.7. The minimum atomic E-state index is -1.16. The van der Waals surface area contributed by atoms with Crippen molar-refractivity contribution < 1.29 is 28.6 Å². The van der Waals surface area contributed by atoms with Gasteiger partial charge in [0.1, 0.15) is 23.1 Å². The Bertz CT molecular complexity index is 1240. The van der Waals surface area contributed by atoms with Gasteiger partial charge in [-0.15, -0.1) is 0 Å². The molecule has 1 heterocycles. The first kappa shape index (κ1) is 22.1. The summed E-state index contributed by atoms with van der Waals surface area (Å²) >= 11 is 0. The average molecular weight is 447 g/mol. The van der Waals surface area contributed by atoms with Gasteiger partial charge in [-0.2, -0.15) is 0 Å². The molecular formula is C26H22FNO5. The number of methoxy groups -OCH3 is 1. The van der Waals surface area contributed by atoms with E-state index >= 15 is 0 Å². The molecule has 6 nitrogen and oxygen atoms in total. The monoisotopic (exact) mass is 447 g/mol. The van der Waals surface area contributed by atoms with Gasteiger partial charge in [-0.25, -0.2) is 4.39 Å². The zero-order valence-corrected chi connectivity index (χ0v) is 18.1. The molecule has 168 valence electrons. The standard InChI is InChI=1S/C26H22FNO5/c1-3-33-18-13-11-16(12-14-18)24(29)22-23(20-9-4-5-10-21(20)27)28(26(31)25(22)30)17-7-6-8-19(15-17)32-2/h4-15,23,29H,3H2,1-2H3/b24-22+. The maximum atomic E-state index is 14.9.